The molecule has 0 aliphatic carbocycles. The van der Waals surface area contributed by atoms with E-state index in [0.717, 1.165) is 37.6 Å². The van der Waals surface area contributed by atoms with Gasteiger partial charge in [-0.1, -0.05) is 23.7 Å². The molecule has 4 rings (SSSR count). The number of amides is 1. The molecule has 0 saturated carbocycles. The average Bonchev–Trinajstić information content (AvgIpc) is 2.88. The molecule has 1 unspecified atom stereocenters. The van der Waals surface area contributed by atoms with Crippen LogP contribution in [0.3, 0.4) is 0 Å². The molecule has 1 amide bonds. The molecule has 158 valence electrons. The van der Waals surface area contributed by atoms with Crippen LogP contribution in [0.4, 0.5) is 21.9 Å². The third-order valence-corrected chi connectivity index (χ3v) is 5.61. The molecule has 8 heteroatoms. The smallest absolute Gasteiger partial charge is 0.419 e. The normalized spacial score (nSPS) is 17.5. The fourth-order valence-electron chi connectivity index (χ4n) is 3.64. The largest absolute Gasteiger partial charge is 0.421 e. The number of para-hydroxylation sites is 1. The molecule has 1 fully saturated rings. The predicted molar refractivity (Wildman–Crippen MR) is 118 cm³/mol. The van der Waals surface area contributed by atoms with E-state index in [9.17, 15) is 4.79 Å². The lowest BCUT2D eigenvalue weighted by Crippen LogP contribution is -2.47. The van der Waals surface area contributed by atoms with Crippen molar-refractivity contribution in [2.75, 3.05) is 45.2 Å². The van der Waals surface area contributed by atoms with Crippen molar-refractivity contribution in [2.24, 2.45) is 4.99 Å². The summed E-state index contributed by atoms with van der Waals surface area (Å²) in [6.07, 6.45) is -1.21. The van der Waals surface area contributed by atoms with Gasteiger partial charge in [0.2, 0.25) is 6.29 Å². The summed E-state index contributed by atoms with van der Waals surface area (Å²) in [5.74, 6) is 0.831. The first-order valence-electron chi connectivity index (χ1n) is 9.92. The summed E-state index contributed by atoms with van der Waals surface area (Å²) in [6, 6.07) is 13.1. The maximum absolute atomic E-state index is 13.2. The van der Waals surface area contributed by atoms with Crippen molar-refractivity contribution in [2.45, 2.75) is 13.2 Å². The lowest BCUT2D eigenvalue weighted by molar-refractivity contribution is -0.0644. The second-order valence-electron chi connectivity index (χ2n) is 7.40. The van der Waals surface area contributed by atoms with E-state index in [2.05, 4.69) is 16.8 Å². The second-order valence-corrected chi connectivity index (χ2v) is 7.83. The Morgan fingerprint density at radius 2 is 1.83 bits per heavy atom. The van der Waals surface area contributed by atoms with Gasteiger partial charge in [-0.05, 0) is 44.3 Å². The molecule has 0 N–H and O–H groups in total. The Labute approximate surface area is 181 Å². The van der Waals surface area contributed by atoms with E-state index in [4.69, 9.17) is 26.1 Å². The SMILES string of the molecule is COC(C)OC(=O)N1c2ccc(Cl)cc2N=C(N2CCN(C)CC2)c2ccccc21. The standard InChI is InChI=1S/C22H25ClN4O3/c1-15(29-3)30-22(28)27-19-7-5-4-6-17(19)21(26-12-10-25(2)11-13-26)24-18-14-16(23)8-9-20(18)27/h4-9,14-15H,10-13H2,1-3H3. The number of benzene rings is 2. The van der Waals surface area contributed by atoms with Gasteiger partial charge < -0.3 is 19.3 Å². The first kappa shape index (κ1) is 20.7. The van der Waals surface area contributed by atoms with E-state index >= 15 is 0 Å². The molecule has 0 bridgehead atoms. The second kappa shape index (κ2) is 8.63. The van der Waals surface area contributed by atoms with E-state index in [1.165, 1.54) is 7.11 Å². The number of anilines is 2. The minimum absolute atomic E-state index is 0.532. The highest BCUT2D eigenvalue weighted by molar-refractivity contribution is 6.31. The minimum Gasteiger partial charge on any atom is -0.419 e. The van der Waals surface area contributed by atoms with Crippen LogP contribution in [0.25, 0.3) is 0 Å². The van der Waals surface area contributed by atoms with Crippen molar-refractivity contribution < 1.29 is 14.3 Å². The van der Waals surface area contributed by atoms with Crippen LogP contribution in [-0.2, 0) is 9.47 Å². The topological polar surface area (TPSA) is 57.6 Å². The van der Waals surface area contributed by atoms with Gasteiger partial charge in [0, 0.05) is 43.9 Å². The van der Waals surface area contributed by atoms with Crippen LogP contribution in [0.2, 0.25) is 5.02 Å². The van der Waals surface area contributed by atoms with Crippen LogP contribution in [0.1, 0.15) is 12.5 Å². The summed E-state index contributed by atoms with van der Waals surface area (Å²) in [5.41, 5.74) is 2.82. The van der Waals surface area contributed by atoms with E-state index in [0.29, 0.717) is 22.1 Å². The van der Waals surface area contributed by atoms with Crippen LogP contribution in [0, 0.1) is 0 Å². The molecule has 2 heterocycles. The molecule has 1 atom stereocenters. The van der Waals surface area contributed by atoms with Crippen molar-refractivity contribution >= 4 is 40.6 Å². The number of likely N-dealkylation sites (N-methyl/N-ethyl adjacent to an activating group) is 1. The number of ether oxygens (including phenoxy) is 2. The number of aliphatic imine (C=N–C) groups is 1. The summed E-state index contributed by atoms with van der Waals surface area (Å²) in [5, 5.41) is 0.555. The lowest BCUT2D eigenvalue weighted by Gasteiger charge is -2.35. The summed E-state index contributed by atoms with van der Waals surface area (Å²) < 4.78 is 10.6. The van der Waals surface area contributed by atoms with E-state index in [-0.39, 0.29) is 0 Å². The highest BCUT2D eigenvalue weighted by atomic mass is 35.5. The summed E-state index contributed by atoms with van der Waals surface area (Å²) in [6.45, 7) is 5.27. The fraction of sp³-hybridized carbons (Fsp3) is 0.364. The molecule has 2 aliphatic rings. The maximum Gasteiger partial charge on any atom is 0.421 e. The molecular weight excluding hydrogens is 404 g/mol. The number of hydrogen-bond donors (Lipinski definition) is 0. The fourth-order valence-corrected chi connectivity index (χ4v) is 3.80. The molecule has 2 aromatic carbocycles. The number of nitrogens with zero attached hydrogens (tertiary/aromatic N) is 4. The number of hydrogen-bond acceptors (Lipinski definition) is 6. The third kappa shape index (κ3) is 4.01. The Bertz CT molecular complexity index is 973. The van der Waals surface area contributed by atoms with Gasteiger partial charge >= 0.3 is 6.09 Å². The van der Waals surface area contributed by atoms with Crippen molar-refractivity contribution in [1.29, 1.82) is 0 Å². The van der Waals surface area contributed by atoms with E-state index < -0.39 is 12.4 Å². The van der Waals surface area contributed by atoms with Gasteiger partial charge in [-0.2, -0.15) is 0 Å². The molecule has 0 aromatic heterocycles. The number of carbonyl (C=O) groups excluding carboxylic acids is 1. The molecule has 2 aromatic rings. The Morgan fingerprint density at radius 1 is 1.10 bits per heavy atom. The zero-order valence-electron chi connectivity index (χ0n) is 17.3. The van der Waals surface area contributed by atoms with Crippen molar-refractivity contribution in [3.63, 3.8) is 0 Å². The zero-order valence-corrected chi connectivity index (χ0v) is 18.1. The summed E-state index contributed by atoms with van der Waals surface area (Å²) in [7, 11) is 3.61. The summed E-state index contributed by atoms with van der Waals surface area (Å²) in [4.78, 5) is 24.3. The maximum atomic E-state index is 13.2. The van der Waals surface area contributed by atoms with Crippen LogP contribution < -0.4 is 4.90 Å². The number of carbonyl (C=O) groups is 1. The third-order valence-electron chi connectivity index (χ3n) is 5.37. The summed E-state index contributed by atoms with van der Waals surface area (Å²) >= 11 is 6.28. The molecule has 0 spiro atoms. The number of rotatable bonds is 2. The lowest BCUT2D eigenvalue weighted by atomic mass is 10.1. The highest BCUT2D eigenvalue weighted by Crippen LogP contribution is 2.41. The van der Waals surface area contributed by atoms with Gasteiger partial charge in [-0.15, -0.1) is 0 Å². The monoisotopic (exact) mass is 428 g/mol. The van der Waals surface area contributed by atoms with Crippen LogP contribution in [0.5, 0.6) is 0 Å². The Balaban J connectivity index is 1.86. The van der Waals surface area contributed by atoms with Gasteiger partial charge in [-0.3, -0.25) is 0 Å². The average molecular weight is 429 g/mol. The Hall–Kier alpha value is -2.61. The molecule has 1 saturated heterocycles. The quantitative estimate of drug-likeness (QED) is 0.669. The number of fused-ring (bicyclic) bond motifs is 2. The van der Waals surface area contributed by atoms with E-state index in [1.54, 1.807) is 30.0 Å². The van der Waals surface area contributed by atoms with Crippen LogP contribution in [-0.4, -0.2) is 68.4 Å². The number of piperazine rings is 1. The van der Waals surface area contributed by atoms with Crippen molar-refractivity contribution in [3.05, 3.63) is 53.1 Å². The van der Waals surface area contributed by atoms with Gasteiger partial charge in [0.05, 0.1) is 17.1 Å². The Morgan fingerprint density at radius 3 is 2.57 bits per heavy atom. The molecule has 0 radical (unpaired) electrons. The molecule has 30 heavy (non-hydrogen) atoms. The molecule has 7 nitrogen and oxygen atoms in total. The van der Waals surface area contributed by atoms with Crippen molar-refractivity contribution in [1.82, 2.24) is 9.80 Å². The van der Waals surface area contributed by atoms with E-state index in [1.807, 2.05) is 24.3 Å². The number of halogens is 1. The van der Waals surface area contributed by atoms with Crippen molar-refractivity contribution in [3.8, 4) is 0 Å². The van der Waals surface area contributed by atoms with Gasteiger partial charge in [0.1, 0.15) is 5.84 Å². The first-order valence-corrected chi connectivity index (χ1v) is 10.3. The minimum atomic E-state index is -0.679. The predicted octanol–water partition coefficient (Wildman–Crippen LogP) is 4.25. The van der Waals surface area contributed by atoms with Crippen LogP contribution in [0.15, 0.2) is 47.5 Å². The van der Waals surface area contributed by atoms with Gasteiger partial charge in [0.25, 0.3) is 0 Å². The van der Waals surface area contributed by atoms with Gasteiger partial charge in [0.15, 0.2) is 0 Å². The zero-order chi connectivity index (χ0) is 21.3. The molecular formula is C22H25ClN4O3. The molecule has 2 aliphatic heterocycles. The number of amidine groups is 1. The first-order chi connectivity index (χ1) is 14.5. The highest BCUT2D eigenvalue weighted by Gasteiger charge is 2.32. The number of methoxy groups -OCH3 is 1. The van der Waals surface area contributed by atoms with Crippen LogP contribution >= 0.6 is 11.6 Å². The Kier molecular flexibility index (Phi) is 5.94. The van der Waals surface area contributed by atoms with Gasteiger partial charge in [-0.25, -0.2) is 14.7 Å².